The maximum atomic E-state index is 12.5. The van der Waals surface area contributed by atoms with Gasteiger partial charge >= 0.3 is 5.97 Å². The first-order chi connectivity index (χ1) is 16.3. The predicted molar refractivity (Wildman–Crippen MR) is 124 cm³/mol. The van der Waals surface area contributed by atoms with E-state index in [-0.39, 0.29) is 33.3 Å². The van der Waals surface area contributed by atoms with Crippen molar-refractivity contribution < 1.29 is 28.7 Å². The van der Waals surface area contributed by atoms with Crippen LogP contribution in [0, 0.1) is 10.1 Å². The van der Waals surface area contributed by atoms with Crippen molar-refractivity contribution >= 4 is 35.4 Å². The van der Waals surface area contributed by atoms with Gasteiger partial charge in [0, 0.05) is 17.7 Å². The minimum Gasteiger partial charge on any atom is -0.497 e. The van der Waals surface area contributed by atoms with Crippen LogP contribution in [0.5, 0.6) is 17.2 Å². The fourth-order valence-corrected chi connectivity index (χ4v) is 3.04. The Labute approximate surface area is 198 Å². The molecule has 3 aromatic carbocycles. The summed E-state index contributed by atoms with van der Waals surface area (Å²) in [7, 11) is 2.89. The maximum Gasteiger partial charge on any atom is 0.343 e. The molecule has 0 fully saturated rings. The maximum absolute atomic E-state index is 12.5. The average Bonchev–Trinajstić information content (AvgIpc) is 2.85. The van der Waals surface area contributed by atoms with Crippen LogP contribution in [0.3, 0.4) is 0 Å². The number of ether oxygens (including phenoxy) is 3. The first kappa shape index (κ1) is 24.2. The lowest BCUT2D eigenvalue weighted by Gasteiger charge is -2.12. The van der Waals surface area contributed by atoms with Crippen LogP contribution in [-0.4, -0.2) is 37.2 Å². The fourth-order valence-electron chi connectivity index (χ4n) is 2.78. The molecule has 0 aliphatic carbocycles. The standard InChI is InChI=1S/C23H18ClN3O7/c1-32-18-8-6-15(7-9-18)23(29)34-21-19(24)10-14(11-20(21)33-2)13-25-26-22(28)16-4-3-5-17(12-16)27(30)31/h3-13H,1-2H3,(H,26,28)/b25-13-. The molecule has 0 saturated heterocycles. The molecule has 0 radical (unpaired) electrons. The van der Waals surface area contributed by atoms with Gasteiger partial charge in [-0.15, -0.1) is 0 Å². The Kier molecular flexibility index (Phi) is 7.78. The molecule has 3 rings (SSSR count). The molecule has 0 aromatic heterocycles. The molecule has 3 aromatic rings. The number of nitrogens with zero attached hydrogens (tertiary/aromatic N) is 2. The molecule has 0 bridgehead atoms. The number of halogens is 1. The van der Waals surface area contributed by atoms with Crippen molar-refractivity contribution in [1.29, 1.82) is 0 Å². The number of esters is 1. The third-order valence-corrected chi connectivity index (χ3v) is 4.75. The van der Waals surface area contributed by atoms with Gasteiger partial charge in [0.1, 0.15) is 5.75 Å². The summed E-state index contributed by atoms with van der Waals surface area (Å²) >= 11 is 6.29. The van der Waals surface area contributed by atoms with Crippen LogP contribution >= 0.6 is 11.6 Å². The molecular formula is C23H18ClN3O7. The molecular weight excluding hydrogens is 466 g/mol. The van der Waals surface area contributed by atoms with Crippen molar-refractivity contribution in [2.24, 2.45) is 5.10 Å². The molecule has 0 heterocycles. The Morgan fingerprint density at radius 3 is 2.41 bits per heavy atom. The zero-order chi connectivity index (χ0) is 24.7. The summed E-state index contributed by atoms with van der Waals surface area (Å²) in [5.41, 5.74) is 2.85. The molecule has 0 spiro atoms. The summed E-state index contributed by atoms with van der Waals surface area (Å²) in [6.45, 7) is 0. The van der Waals surface area contributed by atoms with E-state index < -0.39 is 16.8 Å². The van der Waals surface area contributed by atoms with Gasteiger partial charge in [0.05, 0.1) is 35.9 Å². The van der Waals surface area contributed by atoms with Crippen LogP contribution in [-0.2, 0) is 0 Å². The Hall–Kier alpha value is -4.44. The molecule has 1 N–H and O–H groups in total. The van der Waals surface area contributed by atoms with Gasteiger partial charge in [-0.1, -0.05) is 17.7 Å². The first-order valence-corrected chi connectivity index (χ1v) is 10.0. The van der Waals surface area contributed by atoms with Crippen LogP contribution in [0.15, 0.2) is 65.8 Å². The highest BCUT2D eigenvalue weighted by Crippen LogP contribution is 2.36. The molecule has 0 saturated carbocycles. The number of carbonyl (C=O) groups excluding carboxylic acids is 2. The summed E-state index contributed by atoms with van der Waals surface area (Å²) in [6, 6.07) is 14.5. The molecule has 0 atom stereocenters. The number of rotatable bonds is 8. The Balaban J connectivity index is 1.73. The van der Waals surface area contributed by atoms with Crippen molar-refractivity contribution in [3.05, 3.63) is 92.5 Å². The third kappa shape index (κ3) is 5.87. The number of hydrazone groups is 1. The second kappa shape index (κ2) is 10.9. The fraction of sp³-hybridized carbons (Fsp3) is 0.0870. The number of non-ortho nitro benzene ring substituents is 1. The van der Waals surface area contributed by atoms with Gasteiger partial charge in [0.15, 0.2) is 11.5 Å². The quantitative estimate of drug-likeness (QED) is 0.167. The van der Waals surface area contributed by atoms with Crippen LogP contribution in [0.4, 0.5) is 5.69 Å². The monoisotopic (exact) mass is 483 g/mol. The van der Waals surface area contributed by atoms with Crippen molar-refractivity contribution in [2.45, 2.75) is 0 Å². The van der Waals surface area contributed by atoms with Crippen molar-refractivity contribution in [1.82, 2.24) is 5.43 Å². The SMILES string of the molecule is COc1ccc(C(=O)Oc2c(Cl)cc(/C=N\NC(=O)c3cccc([N+](=O)[O-])c3)cc2OC)cc1. The number of benzene rings is 3. The van der Waals surface area contributed by atoms with Gasteiger partial charge in [-0.25, -0.2) is 10.2 Å². The number of hydrogen-bond acceptors (Lipinski definition) is 8. The van der Waals surface area contributed by atoms with E-state index in [9.17, 15) is 19.7 Å². The van der Waals surface area contributed by atoms with E-state index in [1.54, 1.807) is 24.3 Å². The predicted octanol–water partition coefficient (Wildman–Crippen LogP) is 4.25. The lowest BCUT2D eigenvalue weighted by molar-refractivity contribution is -0.384. The Morgan fingerprint density at radius 2 is 1.76 bits per heavy atom. The average molecular weight is 484 g/mol. The highest BCUT2D eigenvalue weighted by molar-refractivity contribution is 6.32. The van der Waals surface area contributed by atoms with E-state index in [1.807, 2.05) is 0 Å². The number of nitrogens with one attached hydrogen (secondary N) is 1. The number of nitro groups is 1. The van der Waals surface area contributed by atoms with E-state index in [1.165, 1.54) is 50.8 Å². The molecule has 10 nitrogen and oxygen atoms in total. The highest BCUT2D eigenvalue weighted by Gasteiger charge is 2.17. The molecule has 0 aliphatic rings. The number of methoxy groups -OCH3 is 2. The molecule has 11 heteroatoms. The van der Waals surface area contributed by atoms with E-state index in [4.69, 9.17) is 25.8 Å². The Morgan fingerprint density at radius 1 is 1.03 bits per heavy atom. The van der Waals surface area contributed by atoms with Gasteiger partial charge in [0.2, 0.25) is 0 Å². The van der Waals surface area contributed by atoms with Gasteiger partial charge in [-0.3, -0.25) is 14.9 Å². The second-order valence-electron chi connectivity index (χ2n) is 6.66. The van der Waals surface area contributed by atoms with Gasteiger partial charge in [-0.05, 0) is 48.0 Å². The summed E-state index contributed by atoms with van der Waals surface area (Å²) in [5.74, 6) is -0.506. The second-order valence-corrected chi connectivity index (χ2v) is 7.07. The van der Waals surface area contributed by atoms with Crippen LogP contribution in [0.2, 0.25) is 5.02 Å². The lowest BCUT2D eigenvalue weighted by Crippen LogP contribution is -2.17. The molecule has 0 aliphatic heterocycles. The topological polar surface area (TPSA) is 129 Å². The summed E-state index contributed by atoms with van der Waals surface area (Å²) in [6.07, 6.45) is 1.29. The molecule has 0 unspecified atom stereocenters. The van der Waals surface area contributed by atoms with Crippen molar-refractivity contribution in [3.8, 4) is 17.2 Å². The Bertz CT molecular complexity index is 1260. The zero-order valence-electron chi connectivity index (χ0n) is 18.0. The van der Waals surface area contributed by atoms with Crippen LogP contribution in [0.1, 0.15) is 26.3 Å². The van der Waals surface area contributed by atoms with Gasteiger partial charge in [-0.2, -0.15) is 5.10 Å². The molecule has 34 heavy (non-hydrogen) atoms. The number of amides is 1. The lowest BCUT2D eigenvalue weighted by atomic mass is 10.2. The third-order valence-electron chi connectivity index (χ3n) is 4.47. The highest BCUT2D eigenvalue weighted by atomic mass is 35.5. The smallest absolute Gasteiger partial charge is 0.343 e. The van der Waals surface area contributed by atoms with Crippen molar-refractivity contribution in [2.75, 3.05) is 14.2 Å². The number of carbonyl (C=O) groups is 2. The van der Waals surface area contributed by atoms with Crippen LogP contribution in [0.25, 0.3) is 0 Å². The summed E-state index contributed by atoms with van der Waals surface area (Å²) in [4.78, 5) is 34.9. The summed E-state index contributed by atoms with van der Waals surface area (Å²) in [5, 5.41) is 14.8. The molecule has 174 valence electrons. The van der Waals surface area contributed by atoms with E-state index in [0.29, 0.717) is 11.3 Å². The largest absolute Gasteiger partial charge is 0.497 e. The van der Waals surface area contributed by atoms with E-state index in [0.717, 1.165) is 6.07 Å². The minimum atomic E-state index is -0.645. The summed E-state index contributed by atoms with van der Waals surface area (Å²) < 4.78 is 15.7. The molecule has 1 amide bonds. The number of hydrogen-bond donors (Lipinski definition) is 1. The number of nitro benzene ring substituents is 1. The zero-order valence-corrected chi connectivity index (χ0v) is 18.7. The van der Waals surface area contributed by atoms with E-state index in [2.05, 4.69) is 10.5 Å². The van der Waals surface area contributed by atoms with Gasteiger partial charge < -0.3 is 14.2 Å². The van der Waals surface area contributed by atoms with Crippen LogP contribution < -0.4 is 19.6 Å². The first-order valence-electron chi connectivity index (χ1n) is 9.64. The van der Waals surface area contributed by atoms with Gasteiger partial charge in [0.25, 0.3) is 11.6 Å². The minimum absolute atomic E-state index is 0.0164. The van der Waals surface area contributed by atoms with Crippen molar-refractivity contribution in [3.63, 3.8) is 0 Å². The van der Waals surface area contributed by atoms with E-state index >= 15 is 0 Å². The normalized spacial score (nSPS) is 10.6.